The Hall–Kier alpha value is -2.27. The monoisotopic (exact) mass is 308 g/mol. The summed E-state index contributed by atoms with van der Waals surface area (Å²) < 4.78 is 0. The Balaban J connectivity index is 1.58. The zero-order valence-electron chi connectivity index (χ0n) is 12.9. The van der Waals surface area contributed by atoms with Gasteiger partial charge in [-0.15, -0.1) is 0 Å². The third kappa shape index (κ3) is 2.23. The summed E-state index contributed by atoms with van der Waals surface area (Å²) >= 11 is 0. The van der Waals surface area contributed by atoms with Crippen LogP contribution in [-0.4, -0.2) is 28.0 Å². The van der Waals surface area contributed by atoms with Gasteiger partial charge in [-0.3, -0.25) is 14.8 Å². The normalized spacial score (nSPS) is 24.6. The van der Waals surface area contributed by atoms with E-state index in [-0.39, 0.29) is 23.4 Å². The standard InChI is InChI=1S/C18H20N4O/c19-14-11-15(18(14)7-4-8-18)22-17(23)16-12(5-3-10-21-16)13-6-1-2-9-20-13/h1-3,5-6,9-10,14-15H,4,7-8,11,19H2,(H,22,23). The number of aromatic nitrogens is 2. The van der Waals surface area contributed by atoms with Crippen LogP contribution in [0.25, 0.3) is 11.3 Å². The molecular weight excluding hydrogens is 288 g/mol. The van der Waals surface area contributed by atoms with E-state index in [0.29, 0.717) is 5.69 Å². The number of nitrogens with one attached hydrogen (secondary N) is 1. The van der Waals surface area contributed by atoms with Crippen molar-refractivity contribution in [2.24, 2.45) is 11.1 Å². The van der Waals surface area contributed by atoms with Gasteiger partial charge in [0, 0.05) is 35.5 Å². The molecule has 2 atom stereocenters. The summed E-state index contributed by atoms with van der Waals surface area (Å²) in [7, 11) is 0. The lowest BCUT2D eigenvalue weighted by Gasteiger charge is -2.60. The van der Waals surface area contributed by atoms with Crippen LogP contribution in [0.15, 0.2) is 42.7 Å². The molecule has 0 aliphatic heterocycles. The molecule has 118 valence electrons. The largest absolute Gasteiger partial charge is 0.347 e. The lowest BCUT2D eigenvalue weighted by Crippen LogP contribution is -2.69. The first kappa shape index (κ1) is 14.3. The summed E-state index contributed by atoms with van der Waals surface area (Å²) in [4.78, 5) is 21.4. The molecule has 2 saturated carbocycles. The van der Waals surface area contributed by atoms with E-state index in [0.717, 1.165) is 30.5 Å². The van der Waals surface area contributed by atoms with Gasteiger partial charge < -0.3 is 11.1 Å². The predicted molar refractivity (Wildman–Crippen MR) is 87.6 cm³/mol. The summed E-state index contributed by atoms with van der Waals surface area (Å²) in [6.45, 7) is 0. The van der Waals surface area contributed by atoms with Crippen LogP contribution < -0.4 is 11.1 Å². The molecule has 2 aliphatic carbocycles. The first-order chi connectivity index (χ1) is 11.2. The van der Waals surface area contributed by atoms with Gasteiger partial charge in [0.25, 0.3) is 5.91 Å². The minimum atomic E-state index is -0.130. The van der Waals surface area contributed by atoms with E-state index >= 15 is 0 Å². The number of pyridine rings is 2. The molecule has 23 heavy (non-hydrogen) atoms. The number of amides is 1. The van der Waals surface area contributed by atoms with Crippen molar-refractivity contribution >= 4 is 5.91 Å². The molecule has 1 amide bonds. The van der Waals surface area contributed by atoms with Crippen LogP contribution in [0.3, 0.4) is 0 Å². The van der Waals surface area contributed by atoms with Gasteiger partial charge in [-0.1, -0.05) is 12.5 Å². The van der Waals surface area contributed by atoms with Crippen molar-refractivity contribution in [2.45, 2.75) is 37.8 Å². The van der Waals surface area contributed by atoms with E-state index in [9.17, 15) is 4.79 Å². The van der Waals surface area contributed by atoms with Gasteiger partial charge in [0.15, 0.2) is 0 Å². The SMILES string of the molecule is NC1CC(NC(=O)c2ncccc2-c2ccccn2)C12CCC2. The fraction of sp³-hybridized carbons (Fsp3) is 0.389. The summed E-state index contributed by atoms with van der Waals surface area (Å²) in [5.74, 6) is -0.130. The Labute approximate surface area is 135 Å². The highest BCUT2D eigenvalue weighted by Crippen LogP contribution is 2.55. The molecule has 2 aliphatic rings. The molecule has 2 heterocycles. The summed E-state index contributed by atoms with van der Waals surface area (Å²) in [5.41, 5.74) is 8.25. The molecule has 0 bridgehead atoms. The number of hydrogen-bond donors (Lipinski definition) is 2. The second-order valence-electron chi connectivity index (χ2n) is 6.57. The third-order valence-corrected chi connectivity index (χ3v) is 5.48. The third-order valence-electron chi connectivity index (χ3n) is 5.48. The predicted octanol–water partition coefficient (Wildman–Crippen LogP) is 2.14. The van der Waals surface area contributed by atoms with Crippen molar-refractivity contribution in [3.8, 4) is 11.3 Å². The summed E-state index contributed by atoms with van der Waals surface area (Å²) in [6, 6.07) is 9.77. The molecule has 2 fully saturated rings. The number of nitrogens with two attached hydrogens (primary N) is 1. The maximum atomic E-state index is 12.7. The van der Waals surface area contributed by atoms with Crippen molar-refractivity contribution in [1.82, 2.24) is 15.3 Å². The Bertz CT molecular complexity index is 727. The first-order valence-corrected chi connectivity index (χ1v) is 8.13. The number of hydrogen-bond acceptors (Lipinski definition) is 4. The van der Waals surface area contributed by atoms with Crippen LogP contribution in [-0.2, 0) is 0 Å². The quantitative estimate of drug-likeness (QED) is 0.910. The fourth-order valence-corrected chi connectivity index (χ4v) is 3.87. The Morgan fingerprint density at radius 2 is 2.00 bits per heavy atom. The van der Waals surface area contributed by atoms with Crippen molar-refractivity contribution in [2.75, 3.05) is 0 Å². The molecule has 4 rings (SSSR count). The molecule has 0 radical (unpaired) electrons. The molecule has 5 nitrogen and oxygen atoms in total. The minimum Gasteiger partial charge on any atom is -0.347 e. The van der Waals surface area contributed by atoms with Crippen LogP contribution in [0.5, 0.6) is 0 Å². The number of carbonyl (C=O) groups excluding carboxylic acids is 1. The second-order valence-corrected chi connectivity index (χ2v) is 6.57. The van der Waals surface area contributed by atoms with Gasteiger partial charge >= 0.3 is 0 Å². The molecule has 2 unspecified atom stereocenters. The lowest BCUT2D eigenvalue weighted by atomic mass is 9.50. The minimum absolute atomic E-state index is 0.130. The topological polar surface area (TPSA) is 80.9 Å². The van der Waals surface area contributed by atoms with Crippen LogP contribution in [0.4, 0.5) is 0 Å². The van der Waals surface area contributed by atoms with E-state index in [1.165, 1.54) is 6.42 Å². The van der Waals surface area contributed by atoms with E-state index in [1.54, 1.807) is 12.4 Å². The van der Waals surface area contributed by atoms with Crippen LogP contribution >= 0.6 is 0 Å². The molecule has 2 aromatic heterocycles. The Kier molecular flexibility index (Phi) is 3.38. The van der Waals surface area contributed by atoms with Gasteiger partial charge in [0.05, 0.1) is 5.69 Å². The van der Waals surface area contributed by atoms with E-state index in [1.807, 2.05) is 30.3 Å². The number of carbonyl (C=O) groups is 1. The second kappa shape index (κ2) is 5.42. The number of rotatable bonds is 3. The molecule has 0 saturated heterocycles. The van der Waals surface area contributed by atoms with Gasteiger partial charge in [0.1, 0.15) is 5.69 Å². The maximum absolute atomic E-state index is 12.7. The summed E-state index contributed by atoms with van der Waals surface area (Å²) in [5, 5.41) is 3.16. The first-order valence-electron chi connectivity index (χ1n) is 8.13. The van der Waals surface area contributed by atoms with Crippen molar-refractivity contribution in [3.05, 3.63) is 48.4 Å². The zero-order chi connectivity index (χ0) is 15.9. The van der Waals surface area contributed by atoms with Gasteiger partial charge in [0.2, 0.25) is 0 Å². The number of nitrogens with zero attached hydrogens (tertiary/aromatic N) is 2. The highest BCUT2D eigenvalue weighted by molar-refractivity contribution is 5.98. The summed E-state index contributed by atoms with van der Waals surface area (Å²) in [6.07, 6.45) is 7.68. The van der Waals surface area contributed by atoms with Gasteiger partial charge in [-0.05, 0) is 43.5 Å². The van der Waals surface area contributed by atoms with Crippen molar-refractivity contribution in [1.29, 1.82) is 0 Å². The molecule has 0 aromatic carbocycles. The highest BCUT2D eigenvalue weighted by atomic mass is 16.2. The maximum Gasteiger partial charge on any atom is 0.270 e. The van der Waals surface area contributed by atoms with Crippen LogP contribution in [0, 0.1) is 5.41 Å². The van der Waals surface area contributed by atoms with Gasteiger partial charge in [-0.25, -0.2) is 0 Å². The highest BCUT2D eigenvalue weighted by Gasteiger charge is 2.57. The van der Waals surface area contributed by atoms with E-state index in [4.69, 9.17) is 5.73 Å². The Morgan fingerprint density at radius 1 is 1.17 bits per heavy atom. The lowest BCUT2D eigenvalue weighted by molar-refractivity contribution is -0.0390. The molecule has 1 spiro atoms. The molecule has 5 heteroatoms. The van der Waals surface area contributed by atoms with Gasteiger partial charge in [-0.2, -0.15) is 0 Å². The average Bonchev–Trinajstić information content (AvgIpc) is 2.53. The molecule has 2 aromatic rings. The fourth-order valence-electron chi connectivity index (χ4n) is 3.87. The average molecular weight is 308 g/mol. The Morgan fingerprint density at radius 3 is 2.65 bits per heavy atom. The molecular formula is C18H20N4O. The van der Waals surface area contributed by atoms with Crippen molar-refractivity contribution in [3.63, 3.8) is 0 Å². The zero-order valence-corrected chi connectivity index (χ0v) is 12.9. The van der Waals surface area contributed by atoms with Crippen LogP contribution in [0.2, 0.25) is 0 Å². The van der Waals surface area contributed by atoms with E-state index < -0.39 is 0 Å². The van der Waals surface area contributed by atoms with E-state index in [2.05, 4.69) is 15.3 Å². The van der Waals surface area contributed by atoms with Crippen molar-refractivity contribution < 1.29 is 4.79 Å². The smallest absolute Gasteiger partial charge is 0.270 e. The van der Waals surface area contributed by atoms with Crippen LogP contribution in [0.1, 0.15) is 36.2 Å². The molecule has 3 N–H and O–H groups in total.